The van der Waals surface area contributed by atoms with Crippen LogP contribution in [0.2, 0.25) is 38.3 Å². The van der Waals surface area contributed by atoms with Crippen LogP contribution in [0.1, 0.15) is 26.2 Å². The molecule has 0 saturated carbocycles. The van der Waals surface area contributed by atoms with Crippen molar-refractivity contribution in [3.8, 4) is 0 Å². The van der Waals surface area contributed by atoms with E-state index in [1.807, 2.05) is 0 Å². The molecule has 0 N–H and O–H groups in total. The van der Waals surface area contributed by atoms with Gasteiger partial charge in [0.2, 0.25) is 0 Å². The highest BCUT2D eigenvalue weighted by Gasteiger charge is 2.31. The zero-order valence-corrected chi connectivity index (χ0v) is 14.1. The average Bonchev–Trinajstić information content (AvgIpc) is 2.13. The fourth-order valence-corrected chi connectivity index (χ4v) is 11.1. The highest BCUT2D eigenvalue weighted by atomic mass is 28.4. The molecule has 0 rings (SSSR count). The summed E-state index contributed by atoms with van der Waals surface area (Å²) < 4.78 is 11.6. The average molecular weight is 263 g/mol. The molecule has 4 heteroatoms. The van der Waals surface area contributed by atoms with Gasteiger partial charge in [-0.1, -0.05) is 19.8 Å². The second-order valence-corrected chi connectivity index (χ2v) is 14.7. The summed E-state index contributed by atoms with van der Waals surface area (Å²) >= 11 is 0. The first-order valence-corrected chi connectivity index (χ1v) is 12.8. The summed E-state index contributed by atoms with van der Waals surface area (Å²) in [6.45, 7) is 12.6. The van der Waals surface area contributed by atoms with E-state index in [0.29, 0.717) is 0 Å². The van der Waals surface area contributed by atoms with Crippen LogP contribution in [0, 0.1) is 0 Å². The van der Waals surface area contributed by atoms with Crippen molar-refractivity contribution in [2.45, 2.75) is 64.5 Å². The van der Waals surface area contributed by atoms with Crippen LogP contribution in [0.15, 0.2) is 0 Å². The van der Waals surface area contributed by atoms with Gasteiger partial charge in [0.1, 0.15) is 0 Å². The predicted molar refractivity (Wildman–Crippen MR) is 77.1 cm³/mol. The fraction of sp³-hybridized carbons (Fsp3) is 1.00. The van der Waals surface area contributed by atoms with E-state index in [4.69, 9.17) is 8.85 Å². The minimum absolute atomic E-state index is 0.872. The van der Waals surface area contributed by atoms with Gasteiger partial charge in [0.25, 0.3) is 0 Å². The molecule has 16 heavy (non-hydrogen) atoms. The second kappa shape index (κ2) is 7.64. The molecule has 0 bridgehead atoms. The van der Waals surface area contributed by atoms with Crippen LogP contribution in [0.25, 0.3) is 0 Å². The number of rotatable bonds is 9. The Balaban J connectivity index is 4.01. The van der Waals surface area contributed by atoms with Crippen molar-refractivity contribution in [3.05, 3.63) is 0 Å². The van der Waals surface area contributed by atoms with Crippen LogP contribution in [-0.2, 0) is 8.85 Å². The minimum atomic E-state index is -1.44. The third-order valence-electron chi connectivity index (χ3n) is 2.81. The monoisotopic (exact) mass is 262 g/mol. The number of ether oxygens (including phenoxy) is 1. The summed E-state index contributed by atoms with van der Waals surface area (Å²) in [5.74, 6) is 0. The van der Waals surface area contributed by atoms with Crippen molar-refractivity contribution >= 4 is 16.6 Å². The van der Waals surface area contributed by atoms with Gasteiger partial charge in [-0.15, -0.1) is 0 Å². The Labute approximate surface area is 104 Å². The lowest BCUT2D eigenvalue weighted by atomic mass is 10.4. The maximum atomic E-state index is 6.50. The first-order valence-electron chi connectivity index (χ1n) is 6.52. The van der Waals surface area contributed by atoms with Gasteiger partial charge in [-0.25, -0.2) is 0 Å². The van der Waals surface area contributed by atoms with Crippen LogP contribution in [0.4, 0.5) is 0 Å². The molecule has 0 radical (unpaired) electrons. The summed E-state index contributed by atoms with van der Waals surface area (Å²) in [5.41, 5.74) is 0. The number of methoxy groups -OCH3 is 1. The molecule has 0 aliphatic carbocycles. The molecule has 0 unspecified atom stereocenters. The molecule has 0 aliphatic heterocycles. The van der Waals surface area contributed by atoms with Gasteiger partial charge >= 0.3 is 0 Å². The molecular formula is C12H30O2Si2. The molecule has 98 valence electrons. The van der Waals surface area contributed by atoms with Crippen LogP contribution >= 0.6 is 0 Å². The molecule has 0 aliphatic rings. The van der Waals surface area contributed by atoms with Crippen LogP contribution in [0.3, 0.4) is 0 Å². The van der Waals surface area contributed by atoms with Gasteiger partial charge in [0.05, 0.1) is 0 Å². The molecule has 0 aromatic heterocycles. The second-order valence-electron chi connectivity index (χ2n) is 5.82. The zero-order chi connectivity index (χ0) is 12.7. The van der Waals surface area contributed by atoms with Crippen molar-refractivity contribution < 1.29 is 8.85 Å². The lowest BCUT2D eigenvalue weighted by Crippen LogP contribution is -2.44. The summed E-state index contributed by atoms with van der Waals surface area (Å²) in [5, 5.41) is 0. The van der Waals surface area contributed by atoms with Crippen molar-refractivity contribution in [2.75, 3.05) is 13.7 Å². The molecule has 0 atom stereocenters. The molecule has 0 amide bonds. The smallest absolute Gasteiger partial charge is 0.173 e. The Hall–Kier alpha value is 0.354. The van der Waals surface area contributed by atoms with E-state index in [1.165, 1.54) is 24.9 Å². The molecule has 0 aromatic carbocycles. The van der Waals surface area contributed by atoms with Crippen molar-refractivity contribution in [1.82, 2.24) is 0 Å². The lowest BCUT2D eigenvalue weighted by molar-refractivity contribution is 0.198. The maximum absolute atomic E-state index is 6.50. The van der Waals surface area contributed by atoms with Gasteiger partial charge in [0.15, 0.2) is 16.6 Å². The maximum Gasteiger partial charge on any atom is 0.173 e. The molecule has 0 fully saturated rings. The summed E-state index contributed by atoms with van der Waals surface area (Å²) in [6, 6.07) is 2.54. The molecular weight excluding hydrogens is 232 g/mol. The molecule has 0 saturated heterocycles. The minimum Gasteiger partial charge on any atom is -0.455 e. The molecule has 0 aromatic rings. The number of unbranched alkanes of at least 4 members (excludes halogenated alkanes) is 1. The van der Waals surface area contributed by atoms with Crippen molar-refractivity contribution in [1.29, 1.82) is 0 Å². The Morgan fingerprint density at radius 3 is 1.81 bits per heavy atom. The Morgan fingerprint density at radius 1 is 0.875 bits per heavy atom. The van der Waals surface area contributed by atoms with E-state index in [0.717, 1.165) is 13.0 Å². The van der Waals surface area contributed by atoms with E-state index in [-0.39, 0.29) is 0 Å². The zero-order valence-electron chi connectivity index (χ0n) is 12.1. The van der Waals surface area contributed by atoms with E-state index in [1.54, 1.807) is 7.11 Å². The Kier molecular flexibility index (Phi) is 7.80. The largest absolute Gasteiger partial charge is 0.455 e. The van der Waals surface area contributed by atoms with Crippen molar-refractivity contribution in [2.24, 2.45) is 0 Å². The summed E-state index contributed by atoms with van der Waals surface area (Å²) in [7, 11) is -1.07. The Bertz CT molecular complexity index is 182. The molecule has 0 heterocycles. The summed E-state index contributed by atoms with van der Waals surface area (Å²) in [6.07, 6.45) is 3.75. The third kappa shape index (κ3) is 8.50. The van der Waals surface area contributed by atoms with Gasteiger partial charge in [-0.3, -0.25) is 0 Å². The first kappa shape index (κ1) is 16.4. The quantitative estimate of drug-likeness (QED) is 0.457. The van der Waals surface area contributed by atoms with E-state index in [2.05, 4.69) is 33.1 Å². The molecule has 2 nitrogen and oxygen atoms in total. The highest BCUT2D eigenvalue weighted by molar-refractivity contribution is 6.84. The third-order valence-corrected chi connectivity index (χ3v) is 10.3. The van der Waals surface area contributed by atoms with Gasteiger partial charge in [0, 0.05) is 13.7 Å². The standard InChI is InChI=1S/C12H30O2Si2/c1-7-8-11-15(3,4)14-16(5,6)12-9-10-13-2/h7-12H2,1-6H3. The van der Waals surface area contributed by atoms with Crippen LogP contribution < -0.4 is 0 Å². The first-order chi connectivity index (χ1) is 7.33. The predicted octanol–water partition coefficient (Wildman–Crippen LogP) is 4.25. The van der Waals surface area contributed by atoms with Gasteiger partial charge in [-0.05, 0) is 44.7 Å². The lowest BCUT2D eigenvalue weighted by Gasteiger charge is -2.34. The highest BCUT2D eigenvalue weighted by Crippen LogP contribution is 2.24. The van der Waals surface area contributed by atoms with Crippen molar-refractivity contribution in [3.63, 3.8) is 0 Å². The van der Waals surface area contributed by atoms with E-state index >= 15 is 0 Å². The van der Waals surface area contributed by atoms with E-state index in [9.17, 15) is 0 Å². The Morgan fingerprint density at radius 2 is 1.38 bits per heavy atom. The van der Waals surface area contributed by atoms with Crippen LogP contribution in [0.5, 0.6) is 0 Å². The van der Waals surface area contributed by atoms with Gasteiger partial charge < -0.3 is 8.85 Å². The topological polar surface area (TPSA) is 18.5 Å². The fourth-order valence-electron chi connectivity index (χ4n) is 2.09. The normalized spacial score (nSPS) is 13.1. The van der Waals surface area contributed by atoms with Gasteiger partial charge in [-0.2, -0.15) is 0 Å². The number of hydrogen-bond donors (Lipinski definition) is 0. The SMILES string of the molecule is CCCC[Si](C)(C)O[Si](C)(C)CCCOC. The summed E-state index contributed by atoms with van der Waals surface area (Å²) in [4.78, 5) is 0. The van der Waals surface area contributed by atoms with Crippen LogP contribution in [-0.4, -0.2) is 30.4 Å². The van der Waals surface area contributed by atoms with E-state index < -0.39 is 16.6 Å². The molecule has 0 spiro atoms. The number of hydrogen-bond acceptors (Lipinski definition) is 2.